The molecule has 1 aliphatic heterocycles. The third-order valence-electron chi connectivity index (χ3n) is 4.34. The number of morpholine rings is 1. The van der Waals surface area contributed by atoms with Crippen LogP contribution in [0, 0.1) is 0 Å². The predicted molar refractivity (Wildman–Crippen MR) is 87.9 cm³/mol. The van der Waals surface area contributed by atoms with Gasteiger partial charge < -0.3 is 20.1 Å². The Kier molecular flexibility index (Phi) is 4.43. The minimum absolute atomic E-state index is 0.101. The molecule has 1 saturated heterocycles. The van der Waals surface area contributed by atoms with E-state index in [4.69, 9.17) is 10.5 Å². The Morgan fingerprint density at radius 3 is 2.54 bits per heavy atom. The summed E-state index contributed by atoms with van der Waals surface area (Å²) in [6.45, 7) is 3.39. The molecule has 1 fully saturated rings. The standard InChI is InChI=1S/C14H22N6O4/c1-17-11-10(12(22)18(2)14(17)23)20(13(15)16-11)8-9(21)7-19-3-5-24-6-4-19/h9,21H,3-8H2,1-2H3,(H2,15,16)/t9-/m0/s1. The van der Waals surface area contributed by atoms with Gasteiger partial charge in [0.15, 0.2) is 11.2 Å². The Morgan fingerprint density at radius 1 is 1.21 bits per heavy atom. The summed E-state index contributed by atoms with van der Waals surface area (Å²) < 4.78 is 9.04. The van der Waals surface area contributed by atoms with Crippen molar-refractivity contribution in [3.63, 3.8) is 0 Å². The molecular weight excluding hydrogens is 316 g/mol. The Labute approximate surface area is 137 Å². The summed E-state index contributed by atoms with van der Waals surface area (Å²) in [6, 6.07) is 0. The largest absolute Gasteiger partial charge is 0.390 e. The van der Waals surface area contributed by atoms with Crippen molar-refractivity contribution in [2.24, 2.45) is 14.1 Å². The van der Waals surface area contributed by atoms with Crippen LogP contribution in [0.15, 0.2) is 9.59 Å². The van der Waals surface area contributed by atoms with Gasteiger partial charge in [-0.05, 0) is 0 Å². The minimum Gasteiger partial charge on any atom is -0.390 e. The Hall–Kier alpha value is -2.17. The first-order valence-electron chi connectivity index (χ1n) is 7.80. The normalized spacial score (nSPS) is 17.5. The number of fused-ring (bicyclic) bond motifs is 1. The fraction of sp³-hybridized carbons (Fsp3) is 0.643. The van der Waals surface area contributed by atoms with Crippen LogP contribution in [0.25, 0.3) is 11.2 Å². The van der Waals surface area contributed by atoms with Gasteiger partial charge in [-0.3, -0.25) is 18.8 Å². The molecule has 132 valence electrons. The minimum atomic E-state index is -0.718. The van der Waals surface area contributed by atoms with E-state index in [0.717, 1.165) is 17.7 Å². The number of nitrogens with two attached hydrogens (primary N) is 1. The second kappa shape index (κ2) is 6.38. The van der Waals surface area contributed by atoms with Crippen molar-refractivity contribution in [3.8, 4) is 0 Å². The average Bonchev–Trinajstić information content (AvgIpc) is 2.88. The summed E-state index contributed by atoms with van der Waals surface area (Å²) >= 11 is 0. The lowest BCUT2D eigenvalue weighted by molar-refractivity contribution is 0.0118. The van der Waals surface area contributed by atoms with Gasteiger partial charge >= 0.3 is 5.69 Å². The summed E-state index contributed by atoms with van der Waals surface area (Å²) in [5.74, 6) is 0.101. The molecule has 0 aromatic carbocycles. The zero-order chi connectivity index (χ0) is 17.4. The molecule has 0 amide bonds. The number of ether oxygens (including phenoxy) is 1. The molecule has 0 unspecified atom stereocenters. The van der Waals surface area contributed by atoms with Gasteiger partial charge in [-0.1, -0.05) is 0 Å². The first-order chi connectivity index (χ1) is 11.4. The molecule has 3 rings (SSSR count). The number of hydrogen-bond acceptors (Lipinski definition) is 7. The van der Waals surface area contributed by atoms with Crippen LogP contribution < -0.4 is 17.0 Å². The van der Waals surface area contributed by atoms with Crippen molar-refractivity contribution < 1.29 is 9.84 Å². The van der Waals surface area contributed by atoms with Crippen molar-refractivity contribution in [2.75, 3.05) is 38.6 Å². The maximum absolute atomic E-state index is 12.4. The molecule has 0 bridgehead atoms. The van der Waals surface area contributed by atoms with Gasteiger partial charge in [0.05, 0.1) is 25.9 Å². The molecule has 3 heterocycles. The molecule has 10 nitrogen and oxygen atoms in total. The van der Waals surface area contributed by atoms with E-state index in [2.05, 4.69) is 9.88 Å². The highest BCUT2D eigenvalue weighted by atomic mass is 16.5. The van der Waals surface area contributed by atoms with Crippen LogP contribution in [-0.2, 0) is 25.4 Å². The third-order valence-corrected chi connectivity index (χ3v) is 4.34. The number of aliphatic hydroxyl groups is 1. The highest BCUT2D eigenvalue weighted by molar-refractivity contribution is 5.73. The molecule has 24 heavy (non-hydrogen) atoms. The predicted octanol–water partition coefficient (Wildman–Crippen LogP) is -2.29. The molecule has 0 radical (unpaired) electrons. The summed E-state index contributed by atoms with van der Waals surface area (Å²) in [7, 11) is 2.94. The summed E-state index contributed by atoms with van der Waals surface area (Å²) in [5, 5.41) is 10.4. The van der Waals surface area contributed by atoms with Crippen LogP contribution in [0.4, 0.5) is 5.95 Å². The van der Waals surface area contributed by atoms with E-state index in [-0.39, 0.29) is 23.7 Å². The van der Waals surface area contributed by atoms with E-state index < -0.39 is 17.4 Å². The van der Waals surface area contributed by atoms with Crippen molar-refractivity contribution >= 4 is 17.1 Å². The first-order valence-corrected chi connectivity index (χ1v) is 7.80. The number of aliphatic hydroxyl groups excluding tert-OH is 1. The molecule has 0 aliphatic carbocycles. The van der Waals surface area contributed by atoms with E-state index in [1.165, 1.54) is 23.2 Å². The molecular formula is C14H22N6O4. The summed E-state index contributed by atoms with van der Waals surface area (Å²) in [6.07, 6.45) is -0.718. The van der Waals surface area contributed by atoms with E-state index in [9.17, 15) is 14.7 Å². The zero-order valence-corrected chi connectivity index (χ0v) is 13.8. The van der Waals surface area contributed by atoms with E-state index >= 15 is 0 Å². The van der Waals surface area contributed by atoms with Crippen LogP contribution in [-0.4, -0.2) is 67.6 Å². The van der Waals surface area contributed by atoms with Crippen LogP contribution in [0.3, 0.4) is 0 Å². The van der Waals surface area contributed by atoms with Gasteiger partial charge in [0.2, 0.25) is 5.95 Å². The Bertz CT molecular complexity index is 861. The number of nitrogen functional groups attached to an aromatic ring is 1. The van der Waals surface area contributed by atoms with E-state index in [1.54, 1.807) is 0 Å². The molecule has 0 spiro atoms. The lowest BCUT2D eigenvalue weighted by Gasteiger charge is -2.28. The van der Waals surface area contributed by atoms with Gasteiger partial charge in [0.25, 0.3) is 5.56 Å². The quantitative estimate of drug-likeness (QED) is 0.644. The number of aromatic nitrogens is 4. The second-order valence-electron chi connectivity index (χ2n) is 6.03. The number of hydrogen-bond donors (Lipinski definition) is 2. The van der Waals surface area contributed by atoms with E-state index in [0.29, 0.717) is 19.8 Å². The molecule has 2 aromatic heterocycles. The molecule has 0 saturated carbocycles. The summed E-state index contributed by atoms with van der Waals surface area (Å²) in [5.41, 5.74) is 5.42. The van der Waals surface area contributed by atoms with Crippen LogP contribution in [0.2, 0.25) is 0 Å². The fourth-order valence-corrected chi connectivity index (χ4v) is 3.00. The Balaban J connectivity index is 1.93. The van der Waals surface area contributed by atoms with Crippen molar-refractivity contribution in [1.82, 2.24) is 23.6 Å². The highest BCUT2D eigenvalue weighted by Crippen LogP contribution is 2.14. The number of β-amino-alcohol motifs (C(OH)–C–C–N with tert-alkyl or cyclic N) is 1. The van der Waals surface area contributed by atoms with Gasteiger partial charge in [-0.2, -0.15) is 4.98 Å². The van der Waals surface area contributed by atoms with Crippen molar-refractivity contribution in [1.29, 1.82) is 0 Å². The zero-order valence-electron chi connectivity index (χ0n) is 13.8. The maximum Gasteiger partial charge on any atom is 0.332 e. The summed E-state index contributed by atoms with van der Waals surface area (Å²) in [4.78, 5) is 30.6. The lowest BCUT2D eigenvalue weighted by atomic mass is 10.3. The highest BCUT2D eigenvalue weighted by Gasteiger charge is 2.21. The van der Waals surface area contributed by atoms with Crippen molar-refractivity contribution in [2.45, 2.75) is 12.6 Å². The number of anilines is 1. The van der Waals surface area contributed by atoms with Crippen LogP contribution >= 0.6 is 0 Å². The maximum atomic E-state index is 12.4. The number of rotatable bonds is 4. The Morgan fingerprint density at radius 2 is 1.88 bits per heavy atom. The lowest BCUT2D eigenvalue weighted by Crippen LogP contribution is -2.42. The molecule has 1 atom stereocenters. The van der Waals surface area contributed by atoms with Gasteiger partial charge in [-0.15, -0.1) is 0 Å². The topological polar surface area (TPSA) is 121 Å². The SMILES string of the molecule is Cn1c(=O)c2c(nc(N)n2C[C@@H](O)CN2CCOCC2)n(C)c1=O. The monoisotopic (exact) mass is 338 g/mol. The second-order valence-corrected chi connectivity index (χ2v) is 6.03. The van der Waals surface area contributed by atoms with Crippen LogP contribution in [0.1, 0.15) is 0 Å². The van der Waals surface area contributed by atoms with E-state index in [1.807, 2.05) is 0 Å². The van der Waals surface area contributed by atoms with Gasteiger partial charge in [0.1, 0.15) is 0 Å². The number of nitrogens with zero attached hydrogens (tertiary/aromatic N) is 5. The molecule has 1 aliphatic rings. The van der Waals surface area contributed by atoms with Crippen molar-refractivity contribution in [3.05, 3.63) is 20.8 Å². The van der Waals surface area contributed by atoms with Gasteiger partial charge in [0, 0.05) is 33.7 Å². The number of imidazole rings is 1. The molecule has 3 N–H and O–H groups in total. The fourth-order valence-electron chi connectivity index (χ4n) is 3.00. The molecule has 10 heteroatoms. The first kappa shape index (κ1) is 16.7. The average molecular weight is 338 g/mol. The van der Waals surface area contributed by atoms with Crippen LogP contribution in [0.5, 0.6) is 0 Å². The third kappa shape index (κ3) is 2.83. The molecule has 2 aromatic rings. The number of aryl methyl sites for hydroxylation is 1. The van der Waals surface area contributed by atoms with Gasteiger partial charge in [-0.25, -0.2) is 4.79 Å². The smallest absolute Gasteiger partial charge is 0.332 e.